The monoisotopic (exact) mass is 335 g/mol. The van der Waals surface area contributed by atoms with Crippen LogP contribution in [0.25, 0.3) is 12.2 Å². The zero-order chi connectivity index (χ0) is 18.2. The number of allylic oxidation sites excluding steroid dienone is 2. The van der Waals surface area contributed by atoms with Crippen LogP contribution in [0.2, 0.25) is 0 Å². The maximum atomic E-state index is 12.5. The summed E-state index contributed by atoms with van der Waals surface area (Å²) >= 11 is 0. The lowest BCUT2D eigenvalue weighted by Gasteiger charge is -2.12. The van der Waals surface area contributed by atoms with E-state index in [1.165, 1.54) is 6.20 Å². The molecule has 0 aliphatic heterocycles. The number of nitriles is 1. The van der Waals surface area contributed by atoms with Gasteiger partial charge in [0.2, 0.25) is 0 Å². The Labute approximate surface area is 147 Å². The molecular weight excluding hydrogens is 314 g/mol. The Bertz CT molecular complexity index is 849. The first-order chi connectivity index (χ1) is 12.1. The van der Waals surface area contributed by atoms with Crippen LogP contribution in [0.4, 0.5) is 0 Å². The first-order valence-electron chi connectivity index (χ1n) is 8.23. The first kappa shape index (κ1) is 18.3. The molecule has 0 saturated heterocycles. The summed E-state index contributed by atoms with van der Waals surface area (Å²) in [6, 6.07) is 3.79. The molecule has 1 aromatic heterocycles. The van der Waals surface area contributed by atoms with E-state index in [2.05, 4.69) is 29.5 Å². The van der Waals surface area contributed by atoms with Gasteiger partial charge in [0.1, 0.15) is 0 Å². The number of hydrogen-bond acceptors (Lipinski definition) is 4. The molecule has 2 rings (SSSR count). The second-order valence-electron chi connectivity index (χ2n) is 5.88. The summed E-state index contributed by atoms with van der Waals surface area (Å²) in [5, 5.41) is 13.0. The van der Waals surface area contributed by atoms with Crippen LogP contribution in [0.3, 0.4) is 0 Å². The summed E-state index contributed by atoms with van der Waals surface area (Å²) in [4.78, 5) is 29.0. The number of amides is 1. The maximum absolute atomic E-state index is 12.5. The van der Waals surface area contributed by atoms with Gasteiger partial charge in [-0.3, -0.25) is 14.6 Å². The van der Waals surface area contributed by atoms with Crippen molar-refractivity contribution in [3.8, 4) is 6.07 Å². The number of aromatic nitrogens is 1. The van der Waals surface area contributed by atoms with Gasteiger partial charge < -0.3 is 5.32 Å². The molecule has 1 N–H and O–H groups in total. The summed E-state index contributed by atoms with van der Waals surface area (Å²) in [5.41, 5.74) is 0.416. The molecule has 25 heavy (non-hydrogen) atoms. The van der Waals surface area contributed by atoms with Gasteiger partial charge in [-0.15, -0.1) is 0 Å². The molecule has 0 bridgehead atoms. The van der Waals surface area contributed by atoms with Crippen molar-refractivity contribution in [3.63, 3.8) is 0 Å². The summed E-state index contributed by atoms with van der Waals surface area (Å²) in [5.74, 6) is -0.942. The highest BCUT2D eigenvalue weighted by Gasteiger charge is 2.32. The van der Waals surface area contributed by atoms with Crippen LogP contribution in [-0.2, 0) is 4.79 Å². The molecule has 128 valence electrons. The molecule has 1 aliphatic rings. The molecule has 1 fully saturated rings. The molecule has 2 atom stereocenters. The van der Waals surface area contributed by atoms with Crippen molar-refractivity contribution in [2.24, 2.45) is 11.8 Å². The summed E-state index contributed by atoms with van der Waals surface area (Å²) in [6.45, 7) is 7.23. The fourth-order valence-electron chi connectivity index (χ4n) is 3.12. The van der Waals surface area contributed by atoms with Crippen LogP contribution in [0, 0.1) is 23.2 Å². The lowest BCUT2D eigenvalue weighted by molar-refractivity contribution is -0.122. The molecule has 0 radical (unpaired) electrons. The first-order valence-corrected chi connectivity index (χ1v) is 8.23. The molecule has 1 aromatic rings. The number of carbonyl (C=O) groups is 2. The van der Waals surface area contributed by atoms with Gasteiger partial charge in [-0.25, -0.2) is 0 Å². The number of hydrogen-bond donors (Lipinski definition) is 1. The second-order valence-corrected chi connectivity index (χ2v) is 5.88. The van der Waals surface area contributed by atoms with E-state index in [0.29, 0.717) is 16.1 Å². The molecule has 2 unspecified atom stereocenters. The lowest BCUT2D eigenvalue weighted by Crippen LogP contribution is -2.40. The second kappa shape index (κ2) is 8.74. The minimum absolute atomic E-state index is 0.0714. The molecule has 5 nitrogen and oxygen atoms in total. The minimum Gasteiger partial charge on any atom is -0.345 e. The lowest BCUT2D eigenvalue weighted by atomic mass is 9.93. The number of carbonyl (C=O) groups excluding carboxylic acids is 2. The van der Waals surface area contributed by atoms with Gasteiger partial charge in [0.25, 0.3) is 5.91 Å². The van der Waals surface area contributed by atoms with Gasteiger partial charge >= 0.3 is 0 Å². The van der Waals surface area contributed by atoms with Crippen molar-refractivity contribution in [1.29, 1.82) is 5.26 Å². The quantitative estimate of drug-likeness (QED) is 0.848. The van der Waals surface area contributed by atoms with E-state index in [9.17, 15) is 9.59 Å². The minimum atomic E-state index is -0.353. The van der Waals surface area contributed by atoms with Crippen molar-refractivity contribution < 1.29 is 9.59 Å². The number of ketones is 1. The van der Waals surface area contributed by atoms with Gasteiger partial charge in [-0.05, 0) is 25.0 Å². The summed E-state index contributed by atoms with van der Waals surface area (Å²) < 4.78 is 0. The van der Waals surface area contributed by atoms with Crippen molar-refractivity contribution in [3.05, 3.63) is 53.7 Å². The Balaban J connectivity index is 2.18. The van der Waals surface area contributed by atoms with E-state index in [4.69, 9.17) is 5.26 Å². The van der Waals surface area contributed by atoms with Crippen LogP contribution in [0.5, 0.6) is 0 Å². The fraction of sp³-hybridized carbons (Fsp3) is 0.300. The Kier molecular flexibility index (Phi) is 6.41. The van der Waals surface area contributed by atoms with E-state index in [0.717, 1.165) is 19.3 Å². The average Bonchev–Trinajstić information content (AvgIpc) is 3.10. The van der Waals surface area contributed by atoms with Crippen LogP contribution in [0.15, 0.2) is 37.6 Å². The van der Waals surface area contributed by atoms with E-state index < -0.39 is 0 Å². The SMILES string of the molecule is C=C/C=c1/c(C(=O)NCC(=O)C2CCCC2C#N)ccn/c1=C/C=C. The zero-order valence-corrected chi connectivity index (χ0v) is 14.1. The Morgan fingerprint density at radius 1 is 1.32 bits per heavy atom. The van der Waals surface area contributed by atoms with Gasteiger partial charge in [0, 0.05) is 17.3 Å². The molecule has 1 aliphatic carbocycles. The highest BCUT2D eigenvalue weighted by molar-refractivity contribution is 5.97. The topological polar surface area (TPSA) is 82.9 Å². The molecule has 1 saturated carbocycles. The van der Waals surface area contributed by atoms with Gasteiger partial charge in [0.05, 0.1) is 29.4 Å². The Hall–Kier alpha value is -3.00. The van der Waals surface area contributed by atoms with Gasteiger partial charge in [-0.1, -0.05) is 37.8 Å². The fourth-order valence-corrected chi connectivity index (χ4v) is 3.12. The highest BCUT2D eigenvalue weighted by Crippen LogP contribution is 2.31. The van der Waals surface area contributed by atoms with E-state index >= 15 is 0 Å². The Morgan fingerprint density at radius 3 is 2.76 bits per heavy atom. The number of nitrogens with one attached hydrogen (secondary N) is 1. The average molecular weight is 335 g/mol. The Morgan fingerprint density at radius 2 is 2.08 bits per heavy atom. The molecule has 1 amide bonds. The van der Waals surface area contributed by atoms with Crippen molar-refractivity contribution in [2.75, 3.05) is 6.54 Å². The van der Waals surface area contributed by atoms with Crippen molar-refractivity contribution in [1.82, 2.24) is 10.3 Å². The predicted octanol–water partition coefficient (Wildman–Crippen LogP) is 1.25. The van der Waals surface area contributed by atoms with E-state index in [-0.39, 0.29) is 30.1 Å². The van der Waals surface area contributed by atoms with E-state index in [1.54, 1.807) is 30.4 Å². The third-order valence-corrected chi connectivity index (χ3v) is 4.34. The highest BCUT2D eigenvalue weighted by atomic mass is 16.2. The molecular formula is C20H21N3O2. The molecule has 5 heteroatoms. The molecule has 0 spiro atoms. The number of pyridine rings is 1. The van der Waals surface area contributed by atoms with Gasteiger partial charge in [0.15, 0.2) is 5.78 Å². The maximum Gasteiger partial charge on any atom is 0.252 e. The summed E-state index contributed by atoms with van der Waals surface area (Å²) in [7, 11) is 0. The van der Waals surface area contributed by atoms with Crippen LogP contribution in [-0.4, -0.2) is 23.2 Å². The normalized spacial score (nSPS) is 20.8. The van der Waals surface area contributed by atoms with E-state index in [1.807, 2.05) is 0 Å². The van der Waals surface area contributed by atoms with Crippen molar-refractivity contribution >= 4 is 23.8 Å². The zero-order valence-electron chi connectivity index (χ0n) is 14.1. The van der Waals surface area contributed by atoms with Gasteiger partial charge in [-0.2, -0.15) is 5.26 Å². The molecule has 1 heterocycles. The standard InChI is InChI=1S/C20H21N3O2/c1-3-6-16-17(10-11-22-18(16)7-4-2)20(25)23-13-19(24)15-9-5-8-14(15)12-21/h3-4,6-7,10-11,14-15H,1-2,5,8-9,13H2,(H,23,25)/b16-6-,18-7+. The number of rotatable bonds is 6. The molecule has 0 aromatic carbocycles. The number of Topliss-reactive ketones (excluding diaryl/α,β-unsaturated/α-hetero) is 1. The third kappa shape index (κ3) is 4.30. The van der Waals surface area contributed by atoms with Crippen LogP contribution in [0.1, 0.15) is 29.6 Å². The van der Waals surface area contributed by atoms with Crippen LogP contribution < -0.4 is 15.9 Å². The predicted molar refractivity (Wildman–Crippen MR) is 96.6 cm³/mol. The van der Waals surface area contributed by atoms with Crippen LogP contribution >= 0.6 is 0 Å². The number of nitrogens with zero attached hydrogens (tertiary/aromatic N) is 2. The van der Waals surface area contributed by atoms with Crippen molar-refractivity contribution in [2.45, 2.75) is 19.3 Å². The third-order valence-electron chi connectivity index (χ3n) is 4.34. The smallest absolute Gasteiger partial charge is 0.252 e. The summed E-state index contributed by atoms with van der Waals surface area (Å²) in [6.07, 6.45) is 10.5. The largest absolute Gasteiger partial charge is 0.345 e.